The number of nitrogens with zero attached hydrogens (tertiary/aromatic N) is 1. The Morgan fingerprint density at radius 1 is 1.38 bits per heavy atom. The molecule has 0 fully saturated rings. The number of carbonyl (C=O) groups excluding carboxylic acids is 1. The van der Waals surface area contributed by atoms with Crippen molar-refractivity contribution in [2.75, 3.05) is 5.32 Å². The minimum absolute atomic E-state index is 0.115. The summed E-state index contributed by atoms with van der Waals surface area (Å²) >= 11 is 8.23. The number of aromatic nitrogens is 1. The molecule has 0 aliphatic heterocycles. The molecule has 0 aliphatic carbocycles. The molecule has 0 unspecified atom stereocenters. The van der Waals surface area contributed by atoms with E-state index < -0.39 is 0 Å². The first-order chi connectivity index (χ1) is 9.95. The van der Waals surface area contributed by atoms with E-state index in [2.05, 4.69) is 26.2 Å². The number of rotatable bonds is 4. The Morgan fingerprint density at radius 2 is 2.05 bits per heavy atom. The molecule has 0 saturated heterocycles. The molecule has 2 aromatic rings. The van der Waals surface area contributed by atoms with Gasteiger partial charge in [0.2, 0.25) is 5.91 Å². The van der Waals surface area contributed by atoms with Gasteiger partial charge in [0.05, 0.1) is 6.42 Å². The van der Waals surface area contributed by atoms with Gasteiger partial charge in [0.15, 0.2) is 0 Å². The fraction of sp³-hybridized carbons (Fsp3) is 0.133. The number of nitrogens with one attached hydrogen (secondary N) is 1. The van der Waals surface area contributed by atoms with Crippen LogP contribution in [0.3, 0.4) is 0 Å². The van der Waals surface area contributed by atoms with Crippen LogP contribution in [0.1, 0.15) is 16.7 Å². The van der Waals surface area contributed by atoms with Gasteiger partial charge in [0, 0.05) is 16.2 Å². The van der Waals surface area contributed by atoms with Gasteiger partial charge in [-0.3, -0.25) is 4.79 Å². The summed E-state index contributed by atoms with van der Waals surface area (Å²) in [6.07, 6.45) is 1.92. The van der Waals surface area contributed by atoms with Crippen LogP contribution in [0.15, 0.2) is 41.0 Å². The first-order valence-corrected chi connectivity index (χ1v) is 7.46. The van der Waals surface area contributed by atoms with Gasteiger partial charge in [-0.1, -0.05) is 36.5 Å². The summed E-state index contributed by atoms with van der Waals surface area (Å²) in [5.41, 5.74) is 8.12. The average molecular weight is 364 g/mol. The highest BCUT2D eigenvalue weighted by molar-refractivity contribution is 9.10. The smallest absolute Gasteiger partial charge is 0.229 e. The average Bonchev–Trinajstić information content (AvgIpc) is 2.42. The van der Waals surface area contributed by atoms with E-state index in [-0.39, 0.29) is 12.3 Å². The number of anilines is 1. The van der Waals surface area contributed by atoms with Crippen molar-refractivity contribution < 1.29 is 4.79 Å². The second-order valence-corrected chi connectivity index (χ2v) is 5.96. The maximum absolute atomic E-state index is 12.0. The van der Waals surface area contributed by atoms with Gasteiger partial charge in [-0.05, 0) is 40.0 Å². The second-order valence-electron chi connectivity index (χ2n) is 4.61. The molecule has 0 atom stereocenters. The van der Waals surface area contributed by atoms with Crippen molar-refractivity contribution >= 4 is 44.9 Å². The lowest BCUT2D eigenvalue weighted by Gasteiger charge is -2.08. The van der Waals surface area contributed by atoms with Crippen molar-refractivity contribution in [1.82, 2.24) is 4.98 Å². The van der Waals surface area contributed by atoms with Gasteiger partial charge in [-0.15, -0.1) is 0 Å². The summed E-state index contributed by atoms with van der Waals surface area (Å²) in [6.45, 7) is 1.89. The SMILES string of the molecule is Cc1cc(Br)cnc1NC(=O)Cc1ccc(C(N)=S)cc1. The van der Waals surface area contributed by atoms with E-state index in [1.165, 1.54) is 0 Å². The number of hydrogen-bond acceptors (Lipinski definition) is 3. The van der Waals surface area contributed by atoms with Crippen LogP contribution < -0.4 is 11.1 Å². The fourth-order valence-electron chi connectivity index (χ4n) is 1.82. The lowest BCUT2D eigenvalue weighted by atomic mass is 10.1. The van der Waals surface area contributed by atoms with Crippen LogP contribution in [0.5, 0.6) is 0 Å². The number of benzene rings is 1. The lowest BCUT2D eigenvalue weighted by molar-refractivity contribution is -0.115. The molecule has 0 spiro atoms. The van der Waals surface area contributed by atoms with E-state index in [1.54, 1.807) is 6.20 Å². The van der Waals surface area contributed by atoms with Crippen LogP contribution in [0.25, 0.3) is 0 Å². The Balaban J connectivity index is 2.02. The van der Waals surface area contributed by atoms with Gasteiger partial charge in [-0.25, -0.2) is 4.98 Å². The Kier molecular flexibility index (Phi) is 5.03. The zero-order chi connectivity index (χ0) is 15.4. The number of aryl methyl sites for hydroxylation is 1. The molecule has 1 aromatic heterocycles. The summed E-state index contributed by atoms with van der Waals surface area (Å²) in [5.74, 6) is 0.457. The number of halogens is 1. The lowest BCUT2D eigenvalue weighted by Crippen LogP contribution is -2.16. The van der Waals surface area contributed by atoms with Gasteiger partial charge in [-0.2, -0.15) is 0 Å². The topological polar surface area (TPSA) is 68.0 Å². The van der Waals surface area contributed by atoms with E-state index in [1.807, 2.05) is 37.3 Å². The van der Waals surface area contributed by atoms with E-state index in [0.29, 0.717) is 10.8 Å². The van der Waals surface area contributed by atoms with Crippen molar-refractivity contribution in [2.24, 2.45) is 5.73 Å². The minimum atomic E-state index is -0.115. The van der Waals surface area contributed by atoms with Crippen LogP contribution in [-0.4, -0.2) is 15.9 Å². The van der Waals surface area contributed by atoms with Gasteiger partial charge in [0.1, 0.15) is 10.8 Å². The summed E-state index contributed by atoms with van der Waals surface area (Å²) < 4.78 is 0.881. The zero-order valence-electron chi connectivity index (χ0n) is 11.4. The highest BCUT2D eigenvalue weighted by atomic mass is 79.9. The third-order valence-electron chi connectivity index (χ3n) is 2.91. The first-order valence-electron chi connectivity index (χ1n) is 6.26. The number of hydrogen-bond donors (Lipinski definition) is 2. The van der Waals surface area contributed by atoms with Crippen LogP contribution in [0.2, 0.25) is 0 Å². The Hall–Kier alpha value is -1.79. The van der Waals surface area contributed by atoms with Gasteiger partial charge < -0.3 is 11.1 Å². The van der Waals surface area contributed by atoms with Gasteiger partial charge >= 0.3 is 0 Å². The fourth-order valence-corrected chi connectivity index (χ4v) is 2.40. The van der Waals surface area contributed by atoms with Crippen LogP contribution in [0.4, 0.5) is 5.82 Å². The first kappa shape index (κ1) is 15.6. The van der Waals surface area contributed by atoms with Crippen molar-refractivity contribution in [3.8, 4) is 0 Å². The van der Waals surface area contributed by atoms with E-state index >= 15 is 0 Å². The quantitative estimate of drug-likeness (QED) is 0.819. The summed E-state index contributed by atoms with van der Waals surface area (Å²) in [6, 6.07) is 9.22. The van der Waals surface area contributed by atoms with E-state index in [9.17, 15) is 4.79 Å². The molecule has 3 N–H and O–H groups in total. The maximum atomic E-state index is 12.0. The molecular formula is C15H14BrN3OS. The third-order valence-corrected chi connectivity index (χ3v) is 3.58. The van der Waals surface area contributed by atoms with E-state index in [0.717, 1.165) is 21.2 Å². The molecule has 1 heterocycles. The predicted molar refractivity (Wildman–Crippen MR) is 91.3 cm³/mol. The number of carbonyl (C=O) groups is 1. The normalized spacial score (nSPS) is 10.2. The Morgan fingerprint density at radius 3 is 2.62 bits per heavy atom. The van der Waals surface area contributed by atoms with Crippen LogP contribution in [0, 0.1) is 6.92 Å². The van der Waals surface area contributed by atoms with E-state index in [4.69, 9.17) is 18.0 Å². The van der Waals surface area contributed by atoms with Crippen molar-refractivity contribution in [2.45, 2.75) is 13.3 Å². The highest BCUT2D eigenvalue weighted by Crippen LogP contribution is 2.17. The molecule has 21 heavy (non-hydrogen) atoms. The molecule has 0 bridgehead atoms. The Bertz CT molecular complexity index is 686. The number of pyridine rings is 1. The summed E-state index contributed by atoms with van der Waals surface area (Å²) in [5, 5.41) is 2.80. The highest BCUT2D eigenvalue weighted by Gasteiger charge is 2.08. The molecule has 0 saturated carbocycles. The second kappa shape index (κ2) is 6.78. The monoisotopic (exact) mass is 363 g/mol. The van der Waals surface area contributed by atoms with Crippen LogP contribution >= 0.6 is 28.1 Å². The molecular weight excluding hydrogens is 350 g/mol. The standard InChI is InChI=1S/C15H14BrN3OS/c1-9-6-12(16)8-18-15(9)19-13(20)7-10-2-4-11(5-3-10)14(17)21/h2-6,8H,7H2,1H3,(H2,17,21)(H,18,19,20). The molecule has 6 heteroatoms. The van der Waals surface area contributed by atoms with Crippen molar-refractivity contribution in [3.05, 3.63) is 57.7 Å². The summed E-state index contributed by atoms with van der Waals surface area (Å²) in [7, 11) is 0. The molecule has 0 aliphatic rings. The van der Waals surface area contributed by atoms with Gasteiger partial charge in [0.25, 0.3) is 0 Å². The van der Waals surface area contributed by atoms with Crippen LogP contribution in [-0.2, 0) is 11.2 Å². The molecule has 1 aromatic carbocycles. The Labute approximate surface area is 136 Å². The van der Waals surface area contributed by atoms with Crippen molar-refractivity contribution in [3.63, 3.8) is 0 Å². The zero-order valence-corrected chi connectivity index (χ0v) is 13.8. The number of thiocarbonyl (C=S) groups is 1. The largest absolute Gasteiger partial charge is 0.389 e. The number of amides is 1. The maximum Gasteiger partial charge on any atom is 0.229 e. The molecule has 4 nitrogen and oxygen atoms in total. The number of nitrogens with two attached hydrogens (primary N) is 1. The predicted octanol–water partition coefficient (Wildman–Crippen LogP) is 2.97. The minimum Gasteiger partial charge on any atom is -0.389 e. The molecule has 0 radical (unpaired) electrons. The molecule has 2 rings (SSSR count). The third kappa shape index (κ3) is 4.34. The summed E-state index contributed by atoms with van der Waals surface area (Å²) in [4.78, 5) is 16.6. The van der Waals surface area contributed by atoms with Crippen molar-refractivity contribution in [1.29, 1.82) is 0 Å². The molecule has 1 amide bonds. The molecule has 108 valence electrons.